The molecule has 0 aliphatic carbocycles. The van der Waals surface area contributed by atoms with Gasteiger partial charge < -0.3 is 9.80 Å². The highest BCUT2D eigenvalue weighted by Gasteiger charge is 2.15. The molecule has 0 unspecified atom stereocenters. The zero-order valence-electron chi connectivity index (χ0n) is 8.77. The van der Waals surface area contributed by atoms with Crippen molar-refractivity contribution >= 4 is 5.69 Å². The van der Waals surface area contributed by atoms with E-state index in [1.54, 1.807) is 0 Å². The summed E-state index contributed by atoms with van der Waals surface area (Å²) in [6, 6.07) is 0. The molecule has 0 N–H and O–H groups in total. The van der Waals surface area contributed by atoms with Crippen molar-refractivity contribution in [3.8, 4) is 0 Å². The molecule has 2 rings (SSSR count). The third-order valence-corrected chi connectivity index (χ3v) is 2.75. The SMILES string of the molecule is Cc1cnncc1N1CCN(C)CC1. The van der Waals surface area contributed by atoms with Gasteiger partial charge in [-0.1, -0.05) is 0 Å². The molecule has 76 valence electrons. The Kier molecular flexibility index (Phi) is 2.63. The Balaban J connectivity index is 2.12. The van der Waals surface area contributed by atoms with Gasteiger partial charge in [0.1, 0.15) is 0 Å². The van der Waals surface area contributed by atoms with E-state index >= 15 is 0 Å². The van der Waals surface area contributed by atoms with Crippen molar-refractivity contribution in [3.05, 3.63) is 18.0 Å². The number of aromatic nitrogens is 2. The predicted molar refractivity (Wildman–Crippen MR) is 56.5 cm³/mol. The summed E-state index contributed by atoms with van der Waals surface area (Å²) in [7, 11) is 2.16. The summed E-state index contributed by atoms with van der Waals surface area (Å²) in [6.07, 6.45) is 3.69. The van der Waals surface area contributed by atoms with Crippen molar-refractivity contribution in [1.82, 2.24) is 15.1 Å². The zero-order chi connectivity index (χ0) is 9.97. The monoisotopic (exact) mass is 192 g/mol. The van der Waals surface area contributed by atoms with Gasteiger partial charge in [0.2, 0.25) is 0 Å². The Hall–Kier alpha value is -1.16. The fraction of sp³-hybridized carbons (Fsp3) is 0.600. The Morgan fingerprint density at radius 2 is 1.71 bits per heavy atom. The van der Waals surface area contributed by atoms with E-state index in [2.05, 4.69) is 34.0 Å². The van der Waals surface area contributed by atoms with Crippen LogP contribution in [0.5, 0.6) is 0 Å². The molecule has 0 bridgehead atoms. The second-order valence-electron chi connectivity index (χ2n) is 3.85. The minimum atomic E-state index is 1.09. The Bertz CT molecular complexity index is 305. The van der Waals surface area contributed by atoms with Crippen LogP contribution in [0.1, 0.15) is 5.56 Å². The van der Waals surface area contributed by atoms with Gasteiger partial charge in [-0.2, -0.15) is 10.2 Å². The highest BCUT2D eigenvalue weighted by Crippen LogP contribution is 2.18. The lowest BCUT2D eigenvalue weighted by Gasteiger charge is -2.34. The summed E-state index contributed by atoms with van der Waals surface area (Å²) < 4.78 is 0. The number of anilines is 1. The second-order valence-corrected chi connectivity index (χ2v) is 3.85. The number of hydrogen-bond donors (Lipinski definition) is 0. The van der Waals surface area contributed by atoms with Crippen molar-refractivity contribution in [2.45, 2.75) is 6.92 Å². The average molecular weight is 192 g/mol. The number of piperazine rings is 1. The first kappa shape index (κ1) is 9.40. The molecule has 1 aromatic heterocycles. The smallest absolute Gasteiger partial charge is 0.0732 e. The van der Waals surface area contributed by atoms with Gasteiger partial charge in [0.15, 0.2) is 0 Å². The lowest BCUT2D eigenvalue weighted by atomic mass is 10.2. The topological polar surface area (TPSA) is 32.3 Å². The Labute approximate surface area is 84.5 Å². The second kappa shape index (κ2) is 3.92. The number of aryl methyl sites for hydroxylation is 1. The predicted octanol–water partition coefficient (Wildman–Crippen LogP) is 0.537. The minimum Gasteiger partial charge on any atom is -0.367 e. The summed E-state index contributed by atoms with van der Waals surface area (Å²) >= 11 is 0. The van der Waals surface area contributed by atoms with Crippen LogP contribution in [-0.4, -0.2) is 48.3 Å². The van der Waals surface area contributed by atoms with Gasteiger partial charge in [-0.25, -0.2) is 0 Å². The van der Waals surface area contributed by atoms with E-state index in [-0.39, 0.29) is 0 Å². The van der Waals surface area contributed by atoms with Crippen LogP contribution < -0.4 is 4.90 Å². The Morgan fingerprint density at radius 3 is 2.36 bits per heavy atom. The van der Waals surface area contributed by atoms with Crippen LogP contribution in [0.4, 0.5) is 5.69 Å². The van der Waals surface area contributed by atoms with Gasteiger partial charge in [-0.3, -0.25) is 0 Å². The van der Waals surface area contributed by atoms with Crippen molar-refractivity contribution in [1.29, 1.82) is 0 Å². The van der Waals surface area contributed by atoms with Crippen LogP contribution in [0.2, 0.25) is 0 Å². The lowest BCUT2D eigenvalue weighted by molar-refractivity contribution is 0.312. The first-order valence-corrected chi connectivity index (χ1v) is 4.98. The summed E-state index contributed by atoms with van der Waals surface area (Å²) in [5.41, 5.74) is 2.44. The molecule has 1 aliphatic heterocycles. The zero-order valence-corrected chi connectivity index (χ0v) is 8.77. The van der Waals surface area contributed by atoms with Gasteiger partial charge in [-0.05, 0) is 19.5 Å². The number of nitrogens with zero attached hydrogens (tertiary/aromatic N) is 4. The van der Waals surface area contributed by atoms with E-state index in [0.29, 0.717) is 0 Å². The van der Waals surface area contributed by atoms with E-state index in [0.717, 1.165) is 26.2 Å². The molecule has 1 aliphatic rings. The normalized spacial score (nSPS) is 18.6. The van der Waals surface area contributed by atoms with Crippen LogP contribution >= 0.6 is 0 Å². The summed E-state index contributed by atoms with van der Waals surface area (Å²) in [5, 5.41) is 7.80. The molecular formula is C10H16N4. The third-order valence-electron chi connectivity index (χ3n) is 2.75. The summed E-state index contributed by atoms with van der Waals surface area (Å²) in [5.74, 6) is 0. The fourth-order valence-electron chi connectivity index (χ4n) is 1.75. The molecule has 4 heteroatoms. The molecule has 14 heavy (non-hydrogen) atoms. The maximum Gasteiger partial charge on any atom is 0.0732 e. The molecule has 0 saturated carbocycles. The van der Waals surface area contributed by atoms with E-state index in [1.165, 1.54) is 11.3 Å². The molecule has 0 aromatic carbocycles. The highest BCUT2D eigenvalue weighted by atomic mass is 15.3. The molecule has 0 amide bonds. The van der Waals surface area contributed by atoms with Gasteiger partial charge in [0, 0.05) is 26.2 Å². The average Bonchev–Trinajstić information content (AvgIpc) is 2.20. The maximum atomic E-state index is 3.93. The molecule has 1 fully saturated rings. The summed E-state index contributed by atoms with van der Waals surface area (Å²) in [4.78, 5) is 4.73. The molecule has 1 aromatic rings. The number of rotatable bonds is 1. The van der Waals surface area contributed by atoms with Crippen LogP contribution in [0.3, 0.4) is 0 Å². The molecular weight excluding hydrogens is 176 g/mol. The van der Waals surface area contributed by atoms with Crippen molar-refractivity contribution < 1.29 is 0 Å². The molecule has 0 atom stereocenters. The van der Waals surface area contributed by atoms with Gasteiger partial charge in [-0.15, -0.1) is 0 Å². The highest BCUT2D eigenvalue weighted by molar-refractivity contribution is 5.50. The molecule has 0 spiro atoms. The molecule has 2 heterocycles. The first-order valence-electron chi connectivity index (χ1n) is 4.98. The van der Waals surface area contributed by atoms with Crippen LogP contribution in [0, 0.1) is 6.92 Å². The van der Waals surface area contributed by atoms with Crippen LogP contribution in [-0.2, 0) is 0 Å². The van der Waals surface area contributed by atoms with Gasteiger partial charge >= 0.3 is 0 Å². The van der Waals surface area contributed by atoms with E-state index in [1.807, 2.05) is 12.4 Å². The third kappa shape index (κ3) is 1.85. The standard InChI is InChI=1S/C10H16N4/c1-9-7-11-12-8-10(9)14-5-3-13(2)4-6-14/h7-8H,3-6H2,1-2H3. The Morgan fingerprint density at radius 1 is 1.07 bits per heavy atom. The lowest BCUT2D eigenvalue weighted by Crippen LogP contribution is -2.44. The van der Waals surface area contributed by atoms with Gasteiger partial charge in [0.25, 0.3) is 0 Å². The molecule has 4 nitrogen and oxygen atoms in total. The van der Waals surface area contributed by atoms with E-state index < -0.39 is 0 Å². The number of hydrogen-bond acceptors (Lipinski definition) is 4. The maximum absolute atomic E-state index is 3.93. The first-order chi connectivity index (χ1) is 6.77. The van der Waals surface area contributed by atoms with Crippen molar-refractivity contribution in [3.63, 3.8) is 0 Å². The van der Waals surface area contributed by atoms with E-state index in [9.17, 15) is 0 Å². The molecule has 0 radical (unpaired) electrons. The van der Waals surface area contributed by atoms with Crippen molar-refractivity contribution in [2.24, 2.45) is 0 Å². The minimum absolute atomic E-state index is 1.09. The largest absolute Gasteiger partial charge is 0.367 e. The van der Waals surface area contributed by atoms with Crippen LogP contribution in [0.25, 0.3) is 0 Å². The van der Waals surface area contributed by atoms with E-state index in [4.69, 9.17) is 0 Å². The quantitative estimate of drug-likeness (QED) is 0.650. The van der Waals surface area contributed by atoms with Crippen LogP contribution in [0.15, 0.2) is 12.4 Å². The van der Waals surface area contributed by atoms with Crippen molar-refractivity contribution in [2.75, 3.05) is 38.1 Å². The fourth-order valence-corrected chi connectivity index (χ4v) is 1.75. The molecule has 1 saturated heterocycles. The summed E-state index contributed by atoms with van der Waals surface area (Å²) in [6.45, 7) is 6.51. The number of likely N-dealkylation sites (N-methyl/N-ethyl adjacent to an activating group) is 1. The van der Waals surface area contributed by atoms with Gasteiger partial charge in [0.05, 0.1) is 18.1 Å².